The lowest BCUT2D eigenvalue weighted by molar-refractivity contribution is -0.146. The lowest BCUT2D eigenvalue weighted by Crippen LogP contribution is -2.60. The first-order valence-electron chi connectivity index (χ1n) is 8.76. The van der Waals surface area contributed by atoms with Crippen molar-refractivity contribution >= 4 is 11.6 Å². The SMILES string of the molecule is Cn1ccnc1CN1CCOC[C@]2(C1)CN(c1cccnc1)C(=O)CO2. The number of imidazole rings is 1. The van der Waals surface area contributed by atoms with E-state index >= 15 is 0 Å². The summed E-state index contributed by atoms with van der Waals surface area (Å²) in [6.07, 6.45) is 7.16. The molecule has 0 bridgehead atoms. The van der Waals surface area contributed by atoms with E-state index in [9.17, 15) is 4.79 Å². The van der Waals surface area contributed by atoms with Gasteiger partial charge in [0.15, 0.2) is 0 Å². The highest BCUT2D eigenvalue weighted by molar-refractivity contribution is 5.95. The Kier molecular flexibility index (Phi) is 4.71. The molecule has 8 heteroatoms. The number of rotatable bonds is 3. The van der Waals surface area contributed by atoms with Crippen LogP contribution in [0.3, 0.4) is 0 Å². The number of aromatic nitrogens is 3. The van der Waals surface area contributed by atoms with Crippen molar-refractivity contribution < 1.29 is 14.3 Å². The Balaban J connectivity index is 1.53. The highest BCUT2D eigenvalue weighted by Crippen LogP contribution is 2.27. The second kappa shape index (κ2) is 7.14. The van der Waals surface area contributed by atoms with Crippen molar-refractivity contribution in [3.8, 4) is 0 Å². The van der Waals surface area contributed by atoms with Crippen LogP contribution in [-0.4, -0.2) is 70.4 Å². The quantitative estimate of drug-likeness (QED) is 0.794. The monoisotopic (exact) mass is 357 g/mol. The van der Waals surface area contributed by atoms with Gasteiger partial charge in [0.1, 0.15) is 18.0 Å². The number of carbonyl (C=O) groups is 1. The van der Waals surface area contributed by atoms with E-state index in [0.717, 1.165) is 24.6 Å². The fraction of sp³-hybridized carbons (Fsp3) is 0.500. The van der Waals surface area contributed by atoms with E-state index in [2.05, 4.69) is 14.9 Å². The standard InChI is InChI=1S/C18H23N5O3/c1-21-6-5-20-16(21)10-22-7-8-25-14-18(12-22)13-23(17(24)11-26-18)15-3-2-4-19-9-15/h2-6,9H,7-8,10-14H2,1H3/t18-/m0/s1. The van der Waals surface area contributed by atoms with E-state index in [-0.39, 0.29) is 12.5 Å². The number of anilines is 1. The molecule has 0 aliphatic carbocycles. The maximum absolute atomic E-state index is 12.4. The molecule has 0 saturated carbocycles. The fourth-order valence-corrected chi connectivity index (χ4v) is 3.51. The van der Waals surface area contributed by atoms with Gasteiger partial charge in [0.2, 0.25) is 0 Å². The predicted molar refractivity (Wildman–Crippen MR) is 94.6 cm³/mol. The molecule has 2 aromatic heterocycles. The molecular weight excluding hydrogens is 334 g/mol. The van der Waals surface area contributed by atoms with Crippen LogP contribution in [0.25, 0.3) is 0 Å². The van der Waals surface area contributed by atoms with Gasteiger partial charge in [-0.05, 0) is 12.1 Å². The summed E-state index contributed by atoms with van der Waals surface area (Å²) in [6.45, 7) is 3.81. The number of hydrogen-bond acceptors (Lipinski definition) is 6. The first-order valence-corrected chi connectivity index (χ1v) is 8.76. The van der Waals surface area contributed by atoms with E-state index < -0.39 is 5.60 Å². The van der Waals surface area contributed by atoms with Crippen LogP contribution in [0.1, 0.15) is 5.82 Å². The molecule has 4 heterocycles. The van der Waals surface area contributed by atoms with Crippen molar-refractivity contribution in [2.24, 2.45) is 7.05 Å². The van der Waals surface area contributed by atoms with Crippen LogP contribution in [0.15, 0.2) is 36.9 Å². The Morgan fingerprint density at radius 1 is 1.31 bits per heavy atom. The van der Waals surface area contributed by atoms with Crippen molar-refractivity contribution in [2.45, 2.75) is 12.1 Å². The summed E-state index contributed by atoms with van der Waals surface area (Å²) in [6, 6.07) is 3.73. The highest BCUT2D eigenvalue weighted by atomic mass is 16.6. The van der Waals surface area contributed by atoms with E-state index in [4.69, 9.17) is 9.47 Å². The maximum atomic E-state index is 12.4. The number of amides is 1. The lowest BCUT2D eigenvalue weighted by Gasteiger charge is -2.42. The van der Waals surface area contributed by atoms with Gasteiger partial charge in [0, 0.05) is 38.7 Å². The molecule has 2 aliphatic heterocycles. The lowest BCUT2D eigenvalue weighted by atomic mass is 10.0. The van der Waals surface area contributed by atoms with E-state index in [1.807, 2.05) is 29.9 Å². The molecular formula is C18H23N5O3. The van der Waals surface area contributed by atoms with Gasteiger partial charge < -0.3 is 18.9 Å². The van der Waals surface area contributed by atoms with Crippen molar-refractivity contribution in [3.63, 3.8) is 0 Å². The third kappa shape index (κ3) is 3.48. The first-order chi connectivity index (χ1) is 12.7. The molecule has 4 rings (SSSR count). The number of pyridine rings is 1. The number of nitrogens with zero attached hydrogens (tertiary/aromatic N) is 5. The number of ether oxygens (including phenoxy) is 2. The molecule has 1 spiro atoms. The second-order valence-corrected chi connectivity index (χ2v) is 6.88. The Hall–Kier alpha value is -2.29. The second-order valence-electron chi connectivity index (χ2n) is 6.88. The third-order valence-corrected chi connectivity index (χ3v) is 4.92. The Morgan fingerprint density at radius 2 is 2.23 bits per heavy atom. The average molecular weight is 357 g/mol. The zero-order valence-electron chi connectivity index (χ0n) is 14.9. The van der Waals surface area contributed by atoms with Gasteiger partial charge in [-0.15, -0.1) is 0 Å². The Labute approximate surface area is 152 Å². The zero-order chi connectivity index (χ0) is 18.0. The fourth-order valence-electron chi connectivity index (χ4n) is 3.51. The zero-order valence-corrected chi connectivity index (χ0v) is 14.9. The van der Waals surface area contributed by atoms with Crippen LogP contribution in [0.2, 0.25) is 0 Å². The molecule has 0 radical (unpaired) electrons. The number of aryl methyl sites for hydroxylation is 1. The van der Waals surface area contributed by atoms with Gasteiger partial charge in [-0.3, -0.25) is 14.7 Å². The minimum absolute atomic E-state index is 0.0501. The smallest absolute Gasteiger partial charge is 0.253 e. The molecule has 0 unspecified atom stereocenters. The molecule has 2 saturated heterocycles. The van der Waals surface area contributed by atoms with Crippen LogP contribution >= 0.6 is 0 Å². The molecule has 2 aliphatic rings. The van der Waals surface area contributed by atoms with Crippen LogP contribution in [0.5, 0.6) is 0 Å². The minimum atomic E-state index is -0.550. The van der Waals surface area contributed by atoms with Crippen LogP contribution in [-0.2, 0) is 27.9 Å². The molecule has 1 atom stereocenters. The van der Waals surface area contributed by atoms with Crippen LogP contribution in [0, 0.1) is 0 Å². The minimum Gasteiger partial charge on any atom is -0.377 e. The van der Waals surface area contributed by atoms with E-state index in [1.54, 1.807) is 23.5 Å². The summed E-state index contributed by atoms with van der Waals surface area (Å²) < 4.78 is 13.9. The van der Waals surface area contributed by atoms with Gasteiger partial charge in [-0.2, -0.15) is 0 Å². The Bertz CT molecular complexity index is 765. The summed E-state index contributed by atoms with van der Waals surface area (Å²) in [4.78, 5) is 25.0. The molecule has 1 amide bonds. The molecule has 0 aromatic carbocycles. The van der Waals surface area contributed by atoms with Crippen LogP contribution in [0.4, 0.5) is 5.69 Å². The van der Waals surface area contributed by atoms with Crippen molar-refractivity contribution in [3.05, 3.63) is 42.7 Å². The normalized spacial score (nSPS) is 24.8. The Morgan fingerprint density at radius 3 is 3.00 bits per heavy atom. The predicted octanol–water partition coefficient (Wildman–Crippen LogP) is 0.450. The van der Waals surface area contributed by atoms with Gasteiger partial charge in [0.25, 0.3) is 5.91 Å². The summed E-state index contributed by atoms with van der Waals surface area (Å²) in [7, 11) is 1.99. The summed E-state index contributed by atoms with van der Waals surface area (Å²) in [5.74, 6) is 0.946. The highest BCUT2D eigenvalue weighted by Gasteiger charge is 2.43. The third-order valence-electron chi connectivity index (χ3n) is 4.92. The van der Waals surface area contributed by atoms with Crippen LogP contribution < -0.4 is 4.90 Å². The molecule has 2 aromatic rings. The van der Waals surface area contributed by atoms with E-state index in [1.165, 1.54) is 0 Å². The number of hydrogen-bond donors (Lipinski definition) is 0. The van der Waals surface area contributed by atoms with Crippen molar-refractivity contribution in [2.75, 3.05) is 44.4 Å². The van der Waals surface area contributed by atoms with Crippen molar-refractivity contribution in [1.29, 1.82) is 0 Å². The molecule has 8 nitrogen and oxygen atoms in total. The van der Waals surface area contributed by atoms with Gasteiger partial charge in [0.05, 0.1) is 38.2 Å². The topological polar surface area (TPSA) is 72.7 Å². The average Bonchev–Trinajstić information content (AvgIpc) is 2.95. The molecule has 26 heavy (non-hydrogen) atoms. The summed E-state index contributed by atoms with van der Waals surface area (Å²) >= 11 is 0. The molecule has 2 fully saturated rings. The van der Waals surface area contributed by atoms with E-state index in [0.29, 0.717) is 26.3 Å². The summed E-state index contributed by atoms with van der Waals surface area (Å²) in [5, 5.41) is 0. The number of carbonyl (C=O) groups excluding carboxylic acids is 1. The first kappa shape index (κ1) is 17.1. The largest absolute Gasteiger partial charge is 0.377 e. The number of morpholine rings is 1. The summed E-state index contributed by atoms with van der Waals surface area (Å²) in [5.41, 5.74) is 0.242. The van der Waals surface area contributed by atoms with Crippen molar-refractivity contribution in [1.82, 2.24) is 19.4 Å². The molecule has 0 N–H and O–H groups in total. The van der Waals surface area contributed by atoms with Gasteiger partial charge in [-0.1, -0.05) is 0 Å². The molecule has 138 valence electrons. The van der Waals surface area contributed by atoms with Gasteiger partial charge in [-0.25, -0.2) is 4.98 Å². The van der Waals surface area contributed by atoms with Gasteiger partial charge >= 0.3 is 0 Å². The maximum Gasteiger partial charge on any atom is 0.253 e.